The van der Waals surface area contributed by atoms with Gasteiger partial charge in [0.2, 0.25) is 5.91 Å². The molecule has 0 radical (unpaired) electrons. The summed E-state index contributed by atoms with van der Waals surface area (Å²) in [7, 11) is 0. The molecular weight excluding hydrogens is 176 g/mol. The number of carbonyl (C=O) groups is 1. The largest absolute Gasteiger partial charge is 0.352 e. The summed E-state index contributed by atoms with van der Waals surface area (Å²) in [5, 5.41) is 6.16. The molecule has 0 aromatic rings. The average Bonchev–Trinajstić information content (AvgIpc) is 2.15. The Hall–Kier alpha value is -0.830. The second kappa shape index (κ2) is 7.56. The lowest BCUT2D eigenvalue weighted by Crippen LogP contribution is -2.30. The third-order valence-corrected chi connectivity index (χ3v) is 1.98. The van der Waals surface area contributed by atoms with Crippen molar-refractivity contribution in [1.82, 2.24) is 10.6 Å². The van der Waals surface area contributed by atoms with Gasteiger partial charge in [0, 0.05) is 18.2 Å². The summed E-state index contributed by atoms with van der Waals surface area (Å²) in [4.78, 5) is 11.3. The highest BCUT2D eigenvalue weighted by atomic mass is 16.1. The minimum absolute atomic E-state index is 0.0389. The number of allylic oxidation sites excluding steroid dienone is 1. The molecule has 0 heterocycles. The van der Waals surface area contributed by atoms with Gasteiger partial charge in [-0.15, -0.1) is 0 Å². The van der Waals surface area contributed by atoms with Crippen LogP contribution in [-0.4, -0.2) is 25.0 Å². The molecule has 0 aliphatic carbocycles. The van der Waals surface area contributed by atoms with E-state index in [0.717, 1.165) is 25.1 Å². The maximum absolute atomic E-state index is 11.3. The zero-order chi connectivity index (χ0) is 11.0. The predicted molar refractivity (Wildman–Crippen MR) is 60.2 cm³/mol. The van der Waals surface area contributed by atoms with Gasteiger partial charge in [-0.2, -0.15) is 0 Å². The van der Waals surface area contributed by atoms with E-state index in [-0.39, 0.29) is 5.91 Å². The topological polar surface area (TPSA) is 41.1 Å². The van der Waals surface area contributed by atoms with Crippen molar-refractivity contribution in [3.05, 3.63) is 11.6 Å². The lowest BCUT2D eigenvalue weighted by Gasteiger charge is -2.08. The van der Waals surface area contributed by atoms with Crippen LogP contribution < -0.4 is 10.6 Å². The van der Waals surface area contributed by atoms with Gasteiger partial charge < -0.3 is 10.6 Å². The van der Waals surface area contributed by atoms with Crippen LogP contribution in [0.2, 0.25) is 0 Å². The second-order valence-electron chi connectivity index (χ2n) is 3.69. The lowest BCUT2D eigenvalue weighted by molar-refractivity contribution is -0.117. The van der Waals surface area contributed by atoms with E-state index in [0.29, 0.717) is 6.04 Å². The van der Waals surface area contributed by atoms with E-state index < -0.39 is 0 Å². The van der Waals surface area contributed by atoms with Crippen LogP contribution in [0.5, 0.6) is 0 Å². The molecule has 1 amide bonds. The summed E-state index contributed by atoms with van der Waals surface area (Å²) in [6.45, 7) is 9.61. The highest BCUT2D eigenvalue weighted by Crippen LogP contribution is 1.90. The zero-order valence-electron chi connectivity index (χ0n) is 9.68. The molecule has 0 aliphatic rings. The van der Waals surface area contributed by atoms with Crippen molar-refractivity contribution in [3.63, 3.8) is 0 Å². The molecule has 0 saturated carbocycles. The van der Waals surface area contributed by atoms with Gasteiger partial charge in [-0.1, -0.05) is 19.9 Å². The first-order valence-corrected chi connectivity index (χ1v) is 5.22. The van der Waals surface area contributed by atoms with E-state index in [1.807, 2.05) is 19.9 Å². The summed E-state index contributed by atoms with van der Waals surface area (Å²) >= 11 is 0. The molecule has 82 valence electrons. The molecule has 0 rings (SSSR count). The minimum atomic E-state index is 0.0389. The maximum atomic E-state index is 11.3. The Morgan fingerprint density at radius 2 is 2.00 bits per heavy atom. The van der Waals surface area contributed by atoms with Gasteiger partial charge >= 0.3 is 0 Å². The number of nitrogens with one attached hydrogen (secondary N) is 2. The Morgan fingerprint density at radius 1 is 1.36 bits per heavy atom. The lowest BCUT2D eigenvalue weighted by atomic mass is 10.2. The first-order valence-electron chi connectivity index (χ1n) is 5.22. The molecule has 0 aromatic carbocycles. The molecule has 0 fully saturated rings. The summed E-state index contributed by atoms with van der Waals surface area (Å²) in [5.41, 5.74) is 0.779. The molecule has 0 bridgehead atoms. The van der Waals surface area contributed by atoms with Gasteiger partial charge in [0.1, 0.15) is 0 Å². The van der Waals surface area contributed by atoms with E-state index in [4.69, 9.17) is 0 Å². The number of rotatable bonds is 6. The van der Waals surface area contributed by atoms with E-state index in [1.165, 1.54) is 0 Å². The Morgan fingerprint density at radius 3 is 2.50 bits per heavy atom. The fourth-order valence-electron chi connectivity index (χ4n) is 0.952. The minimum Gasteiger partial charge on any atom is -0.352 e. The summed E-state index contributed by atoms with van der Waals surface area (Å²) < 4.78 is 0. The Labute approximate surface area is 87.0 Å². The average molecular weight is 198 g/mol. The normalized spacial score (nSPS) is 11.9. The highest BCUT2D eigenvalue weighted by molar-refractivity contribution is 5.92. The molecule has 3 heteroatoms. The van der Waals surface area contributed by atoms with Crippen molar-refractivity contribution < 1.29 is 4.79 Å². The third kappa shape index (κ3) is 6.66. The predicted octanol–water partition coefficient (Wildman–Crippen LogP) is 1.46. The van der Waals surface area contributed by atoms with E-state index >= 15 is 0 Å². The van der Waals surface area contributed by atoms with Crippen molar-refractivity contribution in [2.45, 2.75) is 40.2 Å². The van der Waals surface area contributed by atoms with Crippen molar-refractivity contribution in [2.24, 2.45) is 0 Å². The van der Waals surface area contributed by atoms with Crippen LogP contribution in [0, 0.1) is 0 Å². The number of amides is 1. The summed E-state index contributed by atoms with van der Waals surface area (Å²) in [5.74, 6) is 0.0389. The fourth-order valence-corrected chi connectivity index (χ4v) is 0.952. The number of hydrogen-bond acceptors (Lipinski definition) is 2. The van der Waals surface area contributed by atoms with E-state index in [9.17, 15) is 4.79 Å². The first kappa shape index (κ1) is 13.2. The van der Waals surface area contributed by atoms with Crippen LogP contribution in [0.25, 0.3) is 0 Å². The van der Waals surface area contributed by atoms with Crippen molar-refractivity contribution in [3.8, 4) is 0 Å². The molecule has 0 atom stereocenters. The Bertz CT molecular complexity index is 197. The van der Waals surface area contributed by atoms with Crippen molar-refractivity contribution in [1.29, 1.82) is 0 Å². The van der Waals surface area contributed by atoms with E-state index in [2.05, 4.69) is 24.5 Å². The van der Waals surface area contributed by atoms with Crippen LogP contribution in [-0.2, 0) is 4.79 Å². The zero-order valence-corrected chi connectivity index (χ0v) is 9.68. The molecule has 0 aliphatic heterocycles. The fraction of sp³-hybridized carbons (Fsp3) is 0.727. The first-order chi connectivity index (χ1) is 6.57. The Kier molecular flexibility index (Phi) is 7.11. The van der Waals surface area contributed by atoms with Gasteiger partial charge in [-0.3, -0.25) is 4.79 Å². The standard InChI is InChI=1S/C11H22N2O/c1-5-10(4)11(14)13-8-6-7-12-9(2)3/h5,9,12H,6-8H2,1-4H3,(H,13,14). The molecule has 3 nitrogen and oxygen atoms in total. The molecule has 0 spiro atoms. The van der Waals surface area contributed by atoms with Crippen LogP contribution in [0.3, 0.4) is 0 Å². The van der Waals surface area contributed by atoms with Gasteiger partial charge in [-0.25, -0.2) is 0 Å². The van der Waals surface area contributed by atoms with Gasteiger partial charge in [-0.05, 0) is 26.8 Å². The number of hydrogen-bond donors (Lipinski definition) is 2. The monoisotopic (exact) mass is 198 g/mol. The Balaban J connectivity index is 3.41. The molecule has 14 heavy (non-hydrogen) atoms. The van der Waals surface area contributed by atoms with E-state index in [1.54, 1.807) is 0 Å². The third-order valence-electron chi connectivity index (χ3n) is 1.98. The number of carbonyl (C=O) groups excluding carboxylic acids is 1. The maximum Gasteiger partial charge on any atom is 0.246 e. The van der Waals surface area contributed by atoms with Gasteiger partial charge in [0.05, 0.1) is 0 Å². The second-order valence-corrected chi connectivity index (χ2v) is 3.69. The molecule has 2 N–H and O–H groups in total. The van der Waals surface area contributed by atoms with Gasteiger partial charge in [0.25, 0.3) is 0 Å². The molecule has 0 aromatic heterocycles. The van der Waals surface area contributed by atoms with Gasteiger partial charge in [0.15, 0.2) is 0 Å². The molecule has 0 saturated heterocycles. The highest BCUT2D eigenvalue weighted by Gasteiger charge is 2.00. The summed E-state index contributed by atoms with van der Waals surface area (Å²) in [6.07, 6.45) is 2.79. The smallest absolute Gasteiger partial charge is 0.246 e. The van der Waals surface area contributed by atoms with Crippen LogP contribution in [0.15, 0.2) is 11.6 Å². The van der Waals surface area contributed by atoms with Crippen LogP contribution in [0.4, 0.5) is 0 Å². The summed E-state index contributed by atoms with van der Waals surface area (Å²) in [6, 6.07) is 0.517. The van der Waals surface area contributed by atoms with Crippen molar-refractivity contribution in [2.75, 3.05) is 13.1 Å². The van der Waals surface area contributed by atoms with Crippen molar-refractivity contribution >= 4 is 5.91 Å². The molecule has 0 unspecified atom stereocenters. The molecular formula is C11H22N2O. The SMILES string of the molecule is CC=C(C)C(=O)NCCCNC(C)C. The van der Waals surface area contributed by atoms with Crippen LogP contribution >= 0.6 is 0 Å². The van der Waals surface area contributed by atoms with Crippen LogP contribution in [0.1, 0.15) is 34.1 Å². The quantitative estimate of drug-likeness (QED) is 0.501.